The fraction of sp³-hybridized carbons (Fsp3) is 0.385. The summed E-state index contributed by atoms with van der Waals surface area (Å²) < 4.78 is 35.5. The topological polar surface area (TPSA) is 102 Å². The number of phenolic OH excluding ortho intramolecular Hbond substituents is 2. The van der Waals surface area contributed by atoms with Gasteiger partial charge in [-0.25, -0.2) is 0 Å². The first kappa shape index (κ1) is 32.7. The molecule has 4 aromatic carbocycles. The summed E-state index contributed by atoms with van der Waals surface area (Å²) in [6, 6.07) is 13.8. The molecule has 0 amide bonds. The molecule has 0 aromatic heterocycles. The number of aromatic hydroxyl groups is 2. The van der Waals surface area contributed by atoms with Gasteiger partial charge in [-0.15, -0.1) is 0 Å². The Hall–Kier alpha value is -4.80. The maximum absolute atomic E-state index is 11.5. The number of rotatable bonds is 9. The molecule has 10 nitrogen and oxygen atoms in total. The predicted octanol–water partition coefficient (Wildman–Crippen LogP) is 6.46. The smallest absolute Gasteiger partial charge is 0.204 e. The van der Waals surface area contributed by atoms with Gasteiger partial charge in [0.05, 0.1) is 35.5 Å². The van der Waals surface area contributed by atoms with Crippen LogP contribution in [-0.2, 0) is 25.7 Å². The molecule has 49 heavy (non-hydrogen) atoms. The zero-order valence-electron chi connectivity index (χ0n) is 29.2. The molecule has 0 saturated heterocycles. The average Bonchev–Trinajstić information content (AvgIpc) is 3.11. The maximum atomic E-state index is 11.5. The van der Waals surface area contributed by atoms with E-state index in [-0.39, 0.29) is 23.6 Å². The molecule has 2 aliphatic heterocycles. The van der Waals surface area contributed by atoms with Crippen LogP contribution in [0.1, 0.15) is 45.5 Å². The molecule has 2 N–H and O–H groups in total. The van der Waals surface area contributed by atoms with E-state index in [0.29, 0.717) is 46.7 Å². The van der Waals surface area contributed by atoms with E-state index in [4.69, 9.17) is 28.4 Å². The fourth-order valence-electron chi connectivity index (χ4n) is 8.01. The average molecular weight is 669 g/mol. The van der Waals surface area contributed by atoms with Crippen molar-refractivity contribution in [1.82, 2.24) is 9.80 Å². The summed E-state index contributed by atoms with van der Waals surface area (Å²) in [5.74, 6) is 3.67. The Balaban J connectivity index is 1.27. The van der Waals surface area contributed by atoms with E-state index in [1.54, 1.807) is 28.4 Å². The quantitative estimate of drug-likeness (QED) is 0.207. The van der Waals surface area contributed by atoms with Crippen LogP contribution in [0.15, 0.2) is 42.5 Å². The monoisotopic (exact) mass is 668 g/mol. The van der Waals surface area contributed by atoms with Crippen LogP contribution in [0.4, 0.5) is 0 Å². The van der Waals surface area contributed by atoms with Gasteiger partial charge in [-0.1, -0.05) is 12.1 Å². The third-order valence-electron chi connectivity index (χ3n) is 10.5. The summed E-state index contributed by atoms with van der Waals surface area (Å²) in [5, 5.41) is 22.1. The summed E-state index contributed by atoms with van der Waals surface area (Å²) in [6.45, 7) is 1.75. The zero-order valence-corrected chi connectivity index (χ0v) is 29.2. The molecule has 0 bridgehead atoms. The van der Waals surface area contributed by atoms with E-state index in [1.165, 1.54) is 12.7 Å². The minimum atomic E-state index is -0.0532. The van der Waals surface area contributed by atoms with Crippen molar-refractivity contribution in [3.63, 3.8) is 0 Å². The Morgan fingerprint density at radius 2 is 1.41 bits per heavy atom. The Morgan fingerprint density at radius 1 is 0.714 bits per heavy atom. The molecular formula is C39H44N2O8. The van der Waals surface area contributed by atoms with E-state index >= 15 is 0 Å². The summed E-state index contributed by atoms with van der Waals surface area (Å²) >= 11 is 0. The van der Waals surface area contributed by atoms with Crippen LogP contribution >= 0.6 is 0 Å². The lowest BCUT2D eigenvalue weighted by atomic mass is 9.75. The third kappa shape index (κ3) is 5.34. The van der Waals surface area contributed by atoms with Gasteiger partial charge in [0.2, 0.25) is 11.5 Å². The first-order valence-electron chi connectivity index (χ1n) is 16.6. The lowest BCUT2D eigenvalue weighted by molar-refractivity contribution is 0.221. The van der Waals surface area contributed by atoms with E-state index in [9.17, 15) is 10.2 Å². The van der Waals surface area contributed by atoms with Gasteiger partial charge in [-0.2, -0.15) is 0 Å². The Bertz CT molecular complexity index is 1910. The number of benzene rings is 4. The molecule has 7 rings (SSSR count). The van der Waals surface area contributed by atoms with Crippen LogP contribution < -0.4 is 28.4 Å². The van der Waals surface area contributed by atoms with Crippen LogP contribution in [0, 0.1) is 0 Å². The second kappa shape index (κ2) is 12.9. The van der Waals surface area contributed by atoms with Crippen molar-refractivity contribution < 1.29 is 38.6 Å². The SMILES string of the molecule is COc1cc2c(cc1O)[C@H](Cc1ccc(Oc3c(O)c(OC)cc4c3C[C@H]3c5c(c(OC)c(OC)c(OC)c5-4)CCN3C)cc1)N(C)CC2. The number of phenols is 2. The van der Waals surface area contributed by atoms with E-state index in [0.717, 1.165) is 71.3 Å². The van der Waals surface area contributed by atoms with Gasteiger partial charge in [0.1, 0.15) is 5.75 Å². The summed E-state index contributed by atoms with van der Waals surface area (Å²) in [7, 11) is 12.3. The number of likely N-dealkylation sites (N-methyl/N-ethyl adjacent to an activating group) is 2. The van der Waals surface area contributed by atoms with Crippen LogP contribution in [0.2, 0.25) is 0 Å². The van der Waals surface area contributed by atoms with Crippen LogP contribution in [0.3, 0.4) is 0 Å². The number of nitrogens with zero attached hydrogens (tertiary/aromatic N) is 2. The number of ether oxygens (including phenoxy) is 6. The zero-order chi connectivity index (χ0) is 34.6. The van der Waals surface area contributed by atoms with Crippen LogP contribution in [0.25, 0.3) is 11.1 Å². The molecule has 1 aliphatic carbocycles. The van der Waals surface area contributed by atoms with E-state index in [1.807, 2.05) is 30.3 Å². The van der Waals surface area contributed by atoms with Crippen molar-refractivity contribution in [2.24, 2.45) is 0 Å². The van der Waals surface area contributed by atoms with Gasteiger partial charge in [0, 0.05) is 41.9 Å². The largest absolute Gasteiger partial charge is 0.504 e. The van der Waals surface area contributed by atoms with Gasteiger partial charge in [0.25, 0.3) is 0 Å². The summed E-state index contributed by atoms with van der Waals surface area (Å²) in [6.07, 6.45) is 3.07. The normalized spacial score (nSPS) is 18.2. The van der Waals surface area contributed by atoms with Crippen LogP contribution in [-0.4, -0.2) is 82.7 Å². The standard InChI is InChI=1S/C39H44N2O8/c1-40-14-12-22-17-31(44-3)30(42)19-25(22)28(40)16-21-8-10-23(11-9-21)49-36-27-18-29-33-24(13-15-41(29)2)37(46-5)39(48-7)38(47-6)34(33)26(27)20-32(45-4)35(36)43/h8-11,17,19-20,28-29,42-43H,12-16,18H2,1-7H3/t28-,29-/m0/s1. The van der Waals surface area contributed by atoms with Crippen molar-refractivity contribution in [1.29, 1.82) is 0 Å². The second-order valence-corrected chi connectivity index (χ2v) is 13.0. The molecule has 2 heterocycles. The minimum Gasteiger partial charge on any atom is -0.504 e. The van der Waals surface area contributed by atoms with E-state index in [2.05, 4.69) is 36.0 Å². The third-order valence-corrected chi connectivity index (χ3v) is 10.5. The van der Waals surface area contributed by atoms with Gasteiger partial charge in [-0.3, -0.25) is 9.80 Å². The molecule has 2 atom stereocenters. The molecule has 3 aliphatic rings. The van der Waals surface area contributed by atoms with E-state index < -0.39 is 0 Å². The molecule has 0 saturated carbocycles. The first-order chi connectivity index (χ1) is 23.7. The molecule has 0 radical (unpaired) electrons. The molecule has 4 aromatic rings. The predicted molar refractivity (Wildman–Crippen MR) is 186 cm³/mol. The molecule has 258 valence electrons. The van der Waals surface area contributed by atoms with Gasteiger partial charge >= 0.3 is 0 Å². The number of fused-ring (bicyclic) bond motifs is 3. The van der Waals surface area contributed by atoms with Crippen molar-refractivity contribution in [3.05, 3.63) is 75.8 Å². The highest BCUT2D eigenvalue weighted by atomic mass is 16.5. The minimum absolute atomic E-state index is 0.00671. The highest BCUT2D eigenvalue weighted by Crippen LogP contribution is 2.60. The number of methoxy groups -OCH3 is 5. The summed E-state index contributed by atoms with van der Waals surface area (Å²) in [4.78, 5) is 4.65. The van der Waals surface area contributed by atoms with Gasteiger partial charge in [-0.05, 0) is 97.9 Å². The highest BCUT2D eigenvalue weighted by molar-refractivity contribution is 5.89. The lowest BCUT2D eigenvalue weighted by Gasteiger charge is -2.41. The van der Waals surface area contributed by atoms with Gasteiger partial charge < -0.3 is 38.6 Å². The highest BCUT2D eigenvalue weighted by Gasteiger charge is 2.41. The van der Waals surface area contributed by atoms with Crippen molar-refractivity contribution in [2.45, 2.75) is 37.8 Å². The van der Waals surface area contributed by atoms with Crippen molar-refractivity contribution in [3.8, 4) is 62.9 Å². The lowest BCUT2D eigenvalue weighted by Crippen LogP contribution is -2.36. The van der Waals surface area contributed by atoms with Crippen molar-refractivity contribution >= 4 is 0 Å². The Labute approximate surface area is 287 Å². The summed E-state index contributed by atoms with van der Waals surface area (Å²) in [5.41, 5.74) is 8.30. The van der Waals surface area contributed by atoms with Crippen molar-refractivity contribution in [2.75, 3.05) is 62.7 Å². The maximum Gasteiger partial charge on any atom is 0.204 e. The Morgan fingerprint density at radius 3 is 2.08 bits per heavy atom. The molecular weight excluding hydrogens is 624 g/mol. The molecule has 0 unspecified atom stereocenters. The second-order valence-electron chi connectivity index (χ2n) is 13.0. The van der Waals surface area contributed by atoms with Crippen LogP contribution in [0.5, 0.6) is 51.7 Å². The molecule has 10 heteroatoms. The first-order valence-corrected chi connectivity index (χ1v) is 16.6. The molecule has 0 spiro atoms. The number of hydrogen-bond acceptors (Lipinski definition) is 10. The van der Waals surface area contributed by atoms with Gasteiger partial charge in [0.15, 0.2) is 34.5 Å². The molecule has 0 fully saturated rings. The fourth-order valence-corrected chi connectivity index (χ4v) is 8.01. The Kier molecular flexibility index (Phi) is 8.62. The number of hydrogen-bond donors (Lipinski definition) is 2.